The van der Waals surface area contributed by atoms with E-state index in [1.165, 1.54) is 0 Å². The van der Waals surface area contributed by atoms with Gasteiger partial charge in [0.15, 0.2) is 0 Å². The third kappa shape index (κ3) is 3.59. The number of rotatable bonds is 4. The molecule has 1 rings (SSSR count). The minimum Gasteiger partial charge on any atom is -0.378 e. The zero-order valence-electron chi connectivity index (χ0n) is 8.44. The van der Waals surface area contributed by atoms with Crippen LogP contribution in [0, 0.1) is 0 Å². The summed E-state index contributed by atoms with van der Waals surface area (Å²) >= 11 is 0. The second kappa shape index (κ2) is 5.75. The maximum Gasteiger partial charge on any atom is 0.0660 e. The topological polar surface area (TPSA) is 40.4 Å². The monoisotopic (exact) mass is 186 g/mol. The first kappa shape index (κ1) is 10.2. The summed E-state index contributed by atoms with van der Waals surface area (Å²) in [7, 11) is 0. The third-order valence-electron chi connectivity index (χ3n) is 2.01. The molecule has 76 valence electrons. The molecule has 0 aliphatic carbocycles. The Morgan fingerprint density at radius 3 is 2.38 bits per heavy atom. The molecule has 1 saturated heterocycles. The fourth-order valence-corrected chi connectivity index (χ4v) is 1.11. The van der Waals surface area contributed by atoms with Gasteiger partial charge in [0.1, 0.15) is 0 Å². The maximum absolute atomic E-state index is 5.20. The number of nitrogens with zero attached hydrogens (tertiary/aromatic N) is 4. The SMILES string of the molecule is CCN(CC)/N=N/N1CCOCC1. The number of ether oxygens (including phenoxy) is 1. The molecule has 0 amide bonds. The highest BCUT2D eigenvalue weighted by molar-refractivity contribution is 4.54. The van der Waals surface area contributed by atoms with E-state index in [1.807, 2.05) is 10.0 Å². The van der Waals surface area contributed by atoms with Crippen molar-refractivity contribution in [3.8, 4) is 0 Å². The van der Waals surface area contributed by atoms with Gasteiger partial charge in [0, 0.05) is 13.1 Å². The van der Waals surface area contributed by atoms with Crippen molar-refractivity contribution in [3.63, 3.8) is 0 Å². The quantitative estimate of drug-likeness (QED) is 0.484. The van der Waals surface area contributed by atoms with Crippen LogP contribution in [0.4, 0.5) is 0 Å². The molecular formula is C8H18N4O. The first-order valence-electron chi connectivity index (χ1n) is 4.86. The van der Waals surface area contributed by atoms with E-state index < -0.39 is 0 Å². The largest absolute Gasteiger partial charge is 0.378 e. The van der Waals surface area contributed by atoms with Crippen LogP contribution in [0.2, 0.25) is 0 Å². The summed E-state index contributed by atoms with van der Waals surface area (Å²) in [6.45, 7) is 9.18. The fourth-order valence-electron chi connectivity index (χ4n) is 1.11. The summed E-state index contributed by atoms with van der Waals surface area (Å²) < 4.78 is 5.20. The molecule has 0 aromatic heterocycles. The third-order valence-corrected chi connectivity index (χ3v) is 2.01. The Morgan fingerprint density at radius 2 is 1.85 bits per heavy atom. The minimum absolute atomic E-state index is 0.761. The molecule has 1 aliphatic rings. The van der Waals surface area contributed by atoms with Gasteiger partial charge in [-0.3, -0.25) is 10.0 Å². The molecule has 0 unspecified atom stereocenters. The van der Waals surface area contributed by atoms with E-state index >= 15 is 0 Å². The lowest BCUT2D eigenvalue weighted by molar-refractivity contribution is 0.0300. The summed E-state index contributed by atoms with van der Waals surface area (Å²) in [6.07, 6.45) is 0. The van der Waals surface area contributed by atoms with Crippen LogP contribution in [0.15, 0.2) is 10.4 Å². The summed E-state index contributed by atoms with van der Waals surface area (Å²) in [5, 5.41) is 12.1. The van der Waals surface area contributed by atoms with Crippen LogP contribution in [0.5, 0.6) is 0 Å². The molecule has 0 spiro atoms. The van der Waals surface area contributed by atoms with Gasteiger partial charge in [-0.15, -0.1) is 0 Å². The smallest absolute Gasteiger partial charge is 0.0660 e. The van der Waals surface area contributed by atoms with Crippen molar-refractivity contribution < 1.29 is 4.74 Å². The van der Waals surface area contributed by atoms with Gasteiger partial charge in [-0.25, -0.2) is 0 Å². The van der Waals surface area contributed by atoms with E-state index in [0.29, 0.717) is 0 Å². The highest BCUT2D eigenvalue weighted by Crippen LogP contribution is 1.99. The predicted molar refractivity (Wildman–Crippen MR) is 50.2 cm³/mol. The zero-order chi connectivity index (χ0) is 9.52. The molecule has 1 aliphatic heterocycles. The average Bonchev–Trinajstić information content (AvgIpc) is 2.21. The maximum atomic E-state index is 5.20. The van der Waals surface area contributed by atoms with Crippen molar-refractivity contribution >= 4 is 0 Å². The molecule has 1 heterocycles. The Hall–Kier alpha value is -0.840. The van der Waals surface area contributed by atoms with Crippen LogP contribution in [-0.4, -0.2) is 49.4 Å². The molecule has 0 aromatic carbocycles. The molecule has 13 heavy (non-hydrogen) atoms. The van der Waals surface area contributed by atoms with E-state index in [-0.39, 0.29) is 0 Å². The lowest BCUT2D eigenvalue weighted by Crippen LogP contribution is -2.32. The highest BCUT2D eigenvalue weighted by atomic mass is 16.5. The number of hydrogen-bond acceptors (Lipinski definition) is 3. The van der Waals surface area contributed by atoms with Gasteiger partial charge in [0.2, 0.25) is 0 Å². The van der Waals surface area contributed by atoms with Crippen molar-refractivity contribution in [3.05, 3.63) is 0 Å². The second-order valence-corrected chi connectivity index (χ2v) is 2.88. The van der Waals surface area contributed by atoms with Gasteiger partial charge < -0.3 is 4.74 Å². The van der Waals surface area contributed by atoms with Crippen LogP contribution in [0.1, 0.15) is 13.8 Å². The second-order valence-electron chi connectivity index (χ2n) is 2.88. The van der Waals surface area contributed by atoms with Gasteiger partial charge in [-0.2, -0.15) is 0 Å². The van der Waals surface area contributed by atoms with Gasteiger partial charge in [0.05, 0.1) is 26.3 Å². The van der Waals surface area contributed by atoms with Gasteiger partial charge in [0.25, 0.3) is 0 Å². The Labute approximate surface area is 79.3 Å². The molecular weight excluding hydrogens is 168 g/mol. The van der Waals surface area contributed by atoms with Crippen molar-refractivity contribution in [2.45, 2.75) is 13.8 Å². The van der Waals surface area contributed by atoms with Gasteiger partial charge in [-0.05, 0) is 13.8 Å². The van der Waals surface area contributed by atoms with E-state index in [0.717, 1.165) is 39.4 Å². The van der Waals surface area contributed by atoms with Crippen molar-refractivity contribution in [2.75, 3.05) is 39.4 Å². The molecule has 5 nitrogen and oxygen atoms in total. The molecule has 0 atom stereocenters. The average molecular weight is 186 g/mol. The lowest BCUT2D eigenvalue weighted by Gasteiger charge is -2.23. The summed E-state index contributed by atoms with van der Waals surface area (Å²) in [4.78, 5) is 0. The first-order valence-corrected chi connectivity index (χ1v) is 4.86. The van der Waals surface area contributed by atoms with Crippen LogP contribution in [0.25, 0.3) is 0 Å². The standard InChI is InChI=1S/C8H18N4O/c1-3-11(4-2)9-10-12-5-7-13-8-6-12/h3-8H2,1-2H3/b10-9+. The summed E-state index contributed by atoms with van der Waals surface area (Å²) in [5.74, 6) is 0. The van der Waals surface area contributed by atoms with E-state index in [4.69, 9.17) is 4.74 Å². The van der Waals surface area contributed by atoms with Crippen molar-refractivity contribution in [1.29, 1.82) is 0 Å². The lowest BCUT2D eigenvalue weighted by atomic mass is 10.5. The first-order chi connectivity index (χ1) is 6.36. The van der Waals surface area contributed by atoms with E-state index in [9.17, 15) is 0 Å². The normalized spacial score (nSPS) is 18.2. The molecule has 0 aromatic rings. The van der Waals surface area contributed by atoms with Crippen LogP contribution < -0.4 is 0 Å². The fraction of sp³-hybridized carbons (Fsp3) is 1.00. The number of morpholine rings is 1. The van der Waals surface area contributed by atoms with Crippen LogP contribution in [0.3, 0.4) is 0 Å². The minimum atomic E-state index is 0.761. The predicted octanol–water partition coefficient (Wildman–Crippen LogP) is 0.943. The molecule has 0 saturated carbocycles. The van der Waals surface area contributed by atoms with E-state index in [2.05, 4.69) is 24.3 Å². The molecule has 0 bridgehead atoms. The Bertz CT molecular complexity index is 152. The van der Waals surface area contributed by atoms with Gasteiger partial charge in [-0.1, -0.05) is 10.4 Å². The highest BCUT2D eigenvalue weighted by Gasteiger charge is 2.07. The van der Waals surface area contributed by atoms with E-state index in [1.54, 1.807) is 0 Å². The molecule has 0 radical (unpaired) electrons. The Morgan fingerprint density at radius 1 is 1.23 bits per heavy atom. The van der Waals surface area contributed by atoms with Crippen molar-refractivity contribution in [2.24, 2.45) is 10.4 Å². The molecule has 1 fully saturated rings. The summed E-state index contributed by atoms with van der Waals surface area (Å²) in [5.41, 5.74) is 0. The van der Waals surface area contributed by atoms with Crippen LogP contribution >= 0.6 is 0 Å². The van der Waals surface area contributed by atoms with Crippen molar-refractivity contribution in [1.82, 2.24) is 10.0 Å². The van der Waals surface area contributed by atoms with Gasteiger partial charge >= 0.3 is 0 Å². The Kier molecular flexibility index (Phi) is 4.53. The molecule has 0 N–H and O–H groups in total. The Balaban J connectivity index is 2.27. The summed E-state index contributed by atoms with van der Waals surface area (Å²) in [6, 6.07) is 0. The zero-order valence-corrected chi connectivity index (χ0v) is 8.44. The number of hydrogen-bond donors (Lipinski definition) is 0. The van der Waals surface area contributed by atoms with Crippen LogP contribution in [-0.2, 0) is 4.74 Å². The molecule has 5 heteroatoms.